The van der Waals surface area contributed by atoms with Gasteiger partial charge in [0.1, 0.15) is 0 Å². The van der Waals surface area contributed by atoms with Crippen molar-refractivity contribution in [1.29, 1.82) is 0 Å². The van der Waals surface area contributed by atoms with Gasteiger partial charge in [0.25, 0.3) is 0 Å². The number of rotatable bonds is 6. The highest BCUT2D eigenvalue weighted by Crippen LogP contribution is 2.23. The topological polar surface area (TPSA) is 98.3 Å². The van der Waals surface area contributed by atoms with Crippen LogP contribution in [0, 0.1) is 10.1 Å². The predicted molar refractivity (Wildman–Crippen MR) is 61.1 cm³/mol. The van der Waals surface area contributed by atoms with Crippen molar-refractivity contribution in [3.8, 4) is 0 Å². The summed E-state index contributed by atoms with van der Waals surface area (Å²) in [7, 11) is 0. The monoisotopic (exact) mass is 243 g/mol. The van der Waals surface area contributed by atoms with Gasteiger partial charge in [-0.2, -0.15) is 0 Å². The van der Waals surface area contributed by atoms with Crippen molar-refractivity contribution in [1.82, 2.24) is 5.32 Å². The molecule has 1 aromatic rings. The summed E-state index contributed by atoms with van der Waals surface area (Å²) < 4.78 is 0. The standard InChI is InChI=1S/C9H13N3O3S/c1-6(4-8(10)13)11-5-7-2-3-9(16-7)12(14)15/h2-3,6,11H,4-5H2,1H3,(H2,10,13). The Hall–Kier alpha value is -1.47. The molecular weight excluding hydrogens is 230 g/mol. The molecule has 88 valence electrons. The Morgan fingerprint density at radius 3 is 2.88 bits per heavy atom. The number of nitrogens with one attached hydrogen (secondary N) is 1. The van der Waals surface area contributed by atoms with Crippen LogP contribution in [0.15, 0.2) is 12.1 Å². The summed E-state index contributed by atoms with van der Waals surface area (Å²) in [6.07, 6.45) is 0.257. The van der Waals surface area contributed by atoms with Gasteiger partial charge in [0.2, 0.25) is 5.91 Å². The molecule has 0 saturated heterocycles. The van der Waals surface area contributed by atoms with Gasteiger partial charge in [0.15, 0.2) is 0 Å². The largest absolute Gasteiger partial charge is 0.370 e. The SMILES string of the molecule is CC(CC(N)=O)NCc1ccc([N+](=O)[O-])s1. The Labute approximate surface area is 96.6 Å². The van der Waals surface area contributed by atoms with Gasteiger partial charge in [-0.1, -0.05) is 11.3 Å². The maximum atomic E-state index is 10.6. The lowest BCUT2D eigenvalue weighted by Gasteiger charge is -2.09. The highest BCUT2D eigenvalue weighted by Gasteiger charge is 2.10. The number of nitrogens with zero attached hydrogens (tertiary/aromatic N) is 1. The molecule has 0 aliphatic carbocycles. The lowest BCUT2D eigenvalue weighted by molar-refractivity contribution is -0.380. The molecule has 3 N–H and O–H groups in total. The van der Waals surface area contributed by atoms with Crippen LogP contribution in [-0.2, 0) is 11.3 Å². The zero-order valence-electron chi connectivity index (χ0n) is 8.80. The summed E-state index contributed by atoms with van der Waals surface area (Å²) >= 11 is 1.12. The second-order valence-electron chi connectivity index (χ2n) is 3.45. The fourth-order valence-electron chi connectivity index (χ4n) is 1.21. The Morgan fingerprint density at radius 2 is 2.38 bits per heavy atom. The van der Waals surface area contributed by atoms with E-state index in [1.807, 2.05) is 6.92 Å². The van der Waals surface area contributed by atoms with E-state index in [0.717, 1.165) is 16.2 Å². The highest BCUT2D eigenvalue weighted by atomic mass is 32.1. The Bertz CT molecular complexity index is 391. The van der Waals surface area contributed by atoms with Gasteiger partial charge in [-0.15, -0.1) is 0 Å². The van der Waals surface area contributed by atoms with Crippen LogP contribution in [0.1, 0.15) is 18.2 Å². The van der Waals surface area contributed by atoms with E-state index in [1.165, 1.54) is 6.07 Å². The second-order valence-corrected chi connectivity index (χ2v) is 4.60. The van der Waals surface area contributed by atoms with Crippen LogP contribution >= 0.6 is 11.3 Å². The second kappa shape index (κ2) is 5.57. The molecule has 1 heterocycles. The van der Waals surface area contributed by atoms with Crippen LogP contribution in [0.4, 0.5) is 5.00 Å². The van der Waals surface area contributed by atoms with E-state index in [2.05, 4.69) is 5.32 Å². The van der Waals surface area contributed by atoms with E-state index in [4.69, 9.17) is 5.73 Å². The first-order valence-corrected chi connectivity index (χ1v) is 5.55. The Kier molecular flexibility index (Phi) is 4.39. The number of hydrogen-bond acceptors (Lipinski definition) is 5. The van der Waals surface area contributed by atoms with Crippen molar-refractivity contribution in [3.05, 3.63) is 27.1 Å². The van der Waals surface area contributed by atoms with Gasteiger partial charge in [-0.3, -0.25) is 14.9 Å². The van der Waals surface area contributed by atoms with Crippen molar-refractivity contribution in [3.63, 3.8) is 0 Å². The van der Waals surface area contributed by atoms with Crippen LogP contribution < -0.4 is 11.1 Å². The fourth-order valence-corrected chi connectivity index (χ4v) is 1.98. The third-order valence-corrected chi connectivity index (χ3v) is 3.00. The zero-order valence-corrected chi connectivity index (χ0v) is 9.62. The zero-order chi connectivity index (χ0) is 12.1. The molecule has 0 aromatic carbocycles. The van der Waals surface area contributed by atoms with Crippen molar-refractivity contribution < 1.29 is 9.72 Å². The summed E-state index contributed by atoms with van der Waals surface area (Å²) in [6, 6.07) is 3.14. The normalized spacial score (nSPS) is 12.3. The number of carbonyl (C=O) groups is 1. The van der Waals surface area contributed by atoms with Gasteiger partial charge in [-0.25, -0.2) is 0 Å². The summed E-state index contributed by atoms with van der Waals surface area (Å²) in [5.74, 6) is -0.364. The van der Waals surface area contributed by atoms with Gasteiger partial charge in [0.05, 0.1) is 4.92 Å². The lowest BCUT2D eigenvalue weighted by Crippen LogP contribution is -2.30. The molecule has 0 aliphatic rings. The first-order chi connectivity index (χ1) is 7.49. The molecule has 0 aliphatic heterocycles. The molecule has 0 spiro atoms. The van der Waals surface area contributed by atoms with Crippen molar-refractivity contribution in [2.45, 2.75) is 25.9 Å². The number of nitro groups is 1. The minimum absolute atomic E-state index is 0.0290. The summed E-state index contributed by atoms with van der Waals surface area (Å²) in [6.45, 7) is 2.35. The van der Waals surface area contributed by atoms with E-state index in [0.29, 0.717) is 6.54 Å². The number of nitrogens with two attached hydrogens (primary N) is 1. The molecular formula is C9H13N3O3S. The van der Waals surface area contributed by atoms with E-state index >= 15 is 0 Å². The van der Waals surface area contributed by atoms with Crippen LogP contribution in [0.5, 0.6) is 0 Å². The van der Waals surface area contributed by atoms with E-state index in [9.17, 15) is 14.9 Å². The van der Waals surface area contributed by atoms with Crippen molar-refractivity contribution >= 4 is 22.2 Å². The number of carbonyl (C=O) groups excluding carboxylic acids is 1. The van der Waals surface area contributed by atoms with Crippen LogP contribution in [0.2, 0.25) is 0 Å². The molecule has 1 aromatic heterocycles. The smallest absolute Gasteiger partial charge is 0.324 e. The summed E-state index contributed by atoms with van der Waals surface area (Å²) in [5, 5.41) is 13.6. The molecule has 1 atom stereocenters. The van der Waals surface area contributed by atoms with E-state index in [-0.39, 0.29) is 23.4 Å². The molecule has 6 nitrogen and oxygen atoms in total. The molecule has 16 heavy (non-hydrogen) atoms. The highest BCUT2D eigenvalue weighted by molar-refractivity contribution is 7.15. The third kappa shape index (κ3) is 3.95. The number of primary amides is 1. The van der Waals surface area contributed by atoms with Crippen LogP contribution in [0.25, 0.3) is 0 Å². The molecule has 1 unspecified atom stereocenters. The minimum Gasteiger partial charge on any atom is -0.370 e. The lowest BCUT2D eigenvalue weighted by atomic mass is 10.2. The maximum absolute atomic E-state index is 10.6. The average molecular weight is 243 g/mol. The van der Waals surface area contributed by atoms with Gasteiger partial charge in [-0.05, 0) is 13.0 Å². The number of hydrogen-bond donors (Lipinski definition) is 2. The Morgan fingerprint density at radius 1 is 1.69 bits per heavy atom. The van der Waals surface area contributed by atoms with Crippen molar-refractivity contribution in [2.24, 2.45) is 5.73 Å². The molecule has 0 bridgehead atoms. The number of amides is 1. The van der Waals surface area contributed by atoms with Gasteiger partial charge >= 0.3 is 5.00 Å². The van der Waals surface area contributed by atoms with Gasteiger partial charge < -0.3 is 11.1 Å². The summed E-state index contributed by atoms with van der Waals surface area (Å²) in [4.78, 5) is 21.5. The van der Waals surface area contributed by atoms with Crippen LogP contribution in [0.3, 0.4) is 0 Å². The first-order valence-electron chi connectivity index (χ1n) is 4.74. The Balaban J connectivity index is 2.42. The molecule has 0 fully saturated rings. The molecule has 0 radical (unpaired) electrons. The van der Waals surface area contributed by atoms with Crippen LogP contribution in [-0.4, -0.2) is 16.9 Å². The third-order valence-electron chi connectivity index (χ3n) is 1.96. The first kappa shape index (κ1) is 12.6. The van der Waals surface area contributed by atoms with Crippen molar-refractivity contribution in [2.75, 3.05) is 0 Å². The molecule has 1 rings (SSSR count). The molecule has 0 saturated carbocycles. The quantitative estimate of drug-likeness (QED) is 0.575. The average Bonchev–Trinajstić information content (AvgIpc) is 2.61. The maximum Gasteiger partial charge on any atom is 0.324 e. The molecule has 7 heteroatoms. The van der Waals surface area contributed by atoms with E-state index < -0.39 is 4.92 Å². The van der Waals surface area contributed by atoms with E-state index in [1.54, 1.807) is 6.07 Å². The number of thiophene rings is 1. The summed E-state index contributed by atoms with van der Waals surface area (Å²) in [5.41, 5.74) is 5.04. The van der Waals surface area contributed by atoms with Gasteiger partial charge in [0, 0.05) is 30.0 Å². The fraction of sp³-hybridized carbons (Fsp3) is 0.444. The minimum atomic E-state index is -0.416. The predicted octanol–water partition coefficient (Wildman–Crippen LogP) is 1.01. The molecule has 1 amide bonds.